The standard InChI is InChI=1S/C29H33NO3.ClH/c1-3-7-23(8-4-1)26(24-9-5-2-6-10-24)13-16-30-22-29(14-17-31-18-15-29)25-11-12-27-28(21-25)33-20-19-32-27;/h1-12,21,26,30H,13-20,22H2;1H. The summed E-state index contributed by atoms with van der Waals surface area (Å²) in [4.78, 5) is 0. The minimum atomic E-state index is 0. The molecule has 0 aromatic heterocycles. The molecular weight excluding hydrogens is 446 g/mol. The summed E-state index contributed by atoms with van der Waals surface area (Å²) < 4.78 is 17.4. The Labute approximate surface area is 209 Å². The van der Waals surface area contributed by atoms with Gasteiger partial charge in [-0.05, 0) is 54.6 Å². The molecule has 0 unspecified atom stereocenters. The van der Waals surface area contributed by atoms with Crippen molar-refractivity contribution in [3.8, 4) is 11.5 Å². The van der Waals surface area contributed by atoms with Crippen molar-refractivity contribution in [3.05, 3.63) is 95.6 Å². The van der Waals surface area contributed by atoms with Crippen LogP contribution in [-0.4, -0.2) is 39.5 Å². The van der Waals surface area contributed by atoms with Crippen molar-refractivity contribution >= 4 is 12.4 Å². The SMILES string of the molecule is Cl.c1ccc(C(CCNCC2(c3ccc4c(c3)OCCO4)CCOCC2)c2ccccc2)cc1. The Bertz CT molecular complexity index is 983. The fourth-order valence-electron chi connectivity index (χ4n) is 5.17. The van der Waals surface area contributed by atoms with Gasteiger partial charge < -0.3 is 19.5 Å². The maximum atomic E-state index is 5.88. The minimum absolute atomic E-state index is 0. The number of hydrogen-bond donors (Lipinski definition) is 1. The van der Waals surface area contributed by atoms with Gasteiger partial charge in [0.15, 0.2) is 11.5 Å². The molecule has 3 aromatic rings. The Hall–Kier alpha value is -2.53. The second-order valence-corrected chi connectivity index (χ2v) is 9.09. The van der Waals surface area contributed by atoms with Crippen LogP contribution < -0.4 is 14.8 Å². The molecule has 4 nitrogen and oxygen atoms in total. The molecule has 1 saturated heterocycles. The van der Waals surface area contributed by atoms with Crippen LogP contribution in [-0.2, 0) is 10.2 Å². The first-order chi connectivity index (χ1) is 16.3. The Morgan fingerprint density at radius 1 is 0.735 bits per heavy atom. The Morgan fingerprint density at radius 2 is 1.35 bits per heavy atom. The number of halogens is 1. The molecule has 34 heavy (non-hydrogen) atoms. The lowest BCUT2D eigenvalue weighted by Crippen LogP contribution is -2.43. The molecule has 0 saturated carbocycles. The maximum absolute atomic E-state index is 5.88. The summed E-state index contributed by atoms with van der Waals surface area (Å²) in [5.74, 6) is 2.12. The van der Waals surface area contributed by atoms with Crippen LogP contribution in [0.1, 0.15) is 41.9 Å². The van der Waals surface area contributed by atoms with Crippen LogP contribution in [0.3, 0.4) is 0 Å². The van der Waals surface area contributed by atoms with Gasteiger partial charge in [-0.3, -0.25) is 0 Å². The van der Waals surface area contributed by atoms with Crippen LogP contribution >= 0.6 is 12.4 Å². The summed E-state index contributed by atoms with van der Waals surface area (Å²) in [5, 5.41) is 3.82. The molecule has 0 bridgehead atoms. The zero-order chi connectivity index (χ0) is 22.3. The average Bonchev–Trinajstić information content (AvgIpc) is 2.90. The molecule has 2 heterocycles. The van der Waals surface area contributed by atoms with Gasteiger partial charge in [0.2, 0.25) is 0 Å². The number of hydrogen-bond acceptors (Lipinski definition) is 4. The quantitative estimate of drug-likeness (QED) is 0.418. The number of benzene rings is 3. The molecule has 180 valence electrons. The summed E-state index contributed by atoms with van der Waals surface area (Å²) in [6.45, 7) is 4.73. The first-order valence-electron chi connectivity index (χ1n) is 12.1. The second-order valence-electron chi connectivity index (χ2n) is 9.09. The normalized spacial score (nSPS) is 16.6. The van der Waals surface area contributed by atoms with Crippen molar-refractivity contribution < 1.29 is 14.2 Å². The number of nitrogens with one attached hydrogen (secondary N) is 1. The van der Waals surface area contributed by atoms with Crippen molar-refractivity contribution in [2.24, 2.45) is 0 Å². The van der Waals surface area contributed by atoms with Crippen LogP contribution in [0.15, 0.2) is 78.9 Å². The maximum Gasteiger partial charge on any atom is 0.161 e. The van der Waals surface area contributed by atoms with Gasteiger partial charge in [0.05, 0.1) is 0 Å². The molecule has 1 fully saturated rings. The Morgan fingerprint density at radius 3 is 2.00 bits per heavy atom. The molecule has 0 radical (unpaired) electrons. The molecule has 2 aliphatic rings. The van der Waals surface area contributed by atoms with Crippen LogP contribution in [0.2, 0.25) is 0 Å². The zero-order valence-electron chi connectivity index (χ0n) is 19.6. The Kier molecular flexibility index (Phi) is 8.49. The highest BCUT2D eigenvalue weighted by Gasteiger charge is 2.35. The molecule has 5 heteroatoms. The summed E-state index contributed by atoms with van der Waals surface area (Å²) in [6.07, 6.45) is 3.09. The smallest absolute Gasteiger partial charge is 0.161 e. The molecule has 0 atom stereocenters. The fraction of sp³-hybridized carbons (Fsp3) is 0.379. The summed E-state index contributed by atoms with van der Waals surface area (Å²) >= 11 is 0. The number of rotatable bonds is 8. The first kappa shape index (κ1) is 24.6. The van der Waals surface area contributed by atoms with E-state index in [0.29, 0.717) is 19.1 Å². The third-order valence-electron chi connectivity index (χ3n) is 7.08. The fourth-order valence-corrected chi connectivity index (χ4v) is 5.17. The number of ether oxygens (including phenoxy) is 3. The monoisotopic (exact) mass is 479 g/mol. The molecule has 5 rings (SSSR count). The van der Waals surface area contributed by atoms with E-state index < -0.39 is 0 Å². The van der Waals surface area contributed by atoms with E-state index in [0.717, 1.165) is 57.1 Å². The van der Waals surface area contributed by atoms with Gasteiger partial charge >= 0.3 is 0 Å². The Balaban J connectivity index is 0.00000274. The van der Waals surface area contributed by atoms with Crippen molar-refractivity contribution in [3.63, 3.8) is 0 Å². The van der Waals surface area contributed by atoms with Gasteiger partial charge in [0.25, 0.3) is 0 Å². The van der Waals surface area contributed by atoms with E-state index >= 15 is 0 Å². The van der Waals surface area contributed by atoms with Crippen molar-refractivity contribution in [1.82, 2.24) is 5.32 Å². The van der Waals surface area contributed by atoms with Gasteiger partial charge in [-0.1, -0.05) is 66.7 Å². The van der Waals surface area contributed by atoms with Gasteiger partial charge in [0, 0.05) is 31.1 Å². The topological polar surface area (TPSA) is 39.7 Å². The van der Waals surface area contributed by atoms with E-state index in [1.54, 1.807) is 0 Å². The highest BCUT2D eigenvalue weighted by atomic mass is 35.5. The first-order valence-corrected chi connectivity index (χ1v) is 12.1. The van der Waals surface area contributed by atoms with E-state index in [-0.39, 0.29) is 17.8 Å². The third-order valence-corrected chi connectivity index (χ3v) is 7.08. The zero-order valence-corrected chi connectivity index (χ0v) is 20.4. The second kappa shape index (κ2) is 11.7. The number of fused-ring (bicyclic) bond motifs is 1. The third kappa shape index (κ3) is 5.57. The van der Waals surface area contributed by atoms with Crippen LogP contribution in [0, 0.1) is 0 Å². The average molecular weight is 480 g/mol. The lowest BCUT2D eigenvalue weighted by Gasteiger charge is -2.38. The van der Waals surface area contributed by atoms with Gasteiger partial charge in [-0.15, -0.1) is 12.4 Å². The van der Waals surface area contributed by atoms with Crippen LogP contribution in [0.25, 0.3) is 0 Å². The van der Waals surface area contributed by atoms with Gasteiger partial charge in [-0.25, -0.2) is 0 Å². The molecular formula is C29H34ClNO3. The van der Waals surface area contributed by atoms with E-state index in [1.165, 1.54) is 16.7 Å². The molecule has 1 N–H and O–H groups in total. The van der Waals surface area contributed by atoms with E-state index in [4.69, 9.17) is 14.2 Å². The van der Waals surface area contributed by atoms with Crippen LogP contribution in [0.5, 0.6) is 11.5 Å². The summed E-state index contributed by atoms with van der Waals surface area (Å²) in [5.41, 5.74) is 4.13. The molecule has 0 amide bonds. The van der Waals surface area contributed by atoms with E-state index in [1.807, 2.05) is 0 Å². The van der Waals surface area contributed by atoms with Gasteiger partial charge in [0.1, 0.15) is 13.2 Å². The largest absolute Gasteiger partial charge is 0.486 e. The molecule has 2 aliphatic heterocycles. The molecule has 0 aliphatic carbocycles. The van der Waals surface area contributed by atoms with Crippen molar-refractivity contribution in [1.29, 1.82) is 0 Å². The predicted molar refractivity (Wildman–Crippen MR) is 139 cm³/mol. The molecule has 3 aromatic carbocycles. The van der Waals surface area contributed by atoms with E-state index in [2.05, 4.69) is 84.2 Å². The predicted octanol–water partition coefficient (Wildman–Crippen LogP) is 5.74. The summed E-state index contributed by atoms with van der Waals surface area (Å²) in [6, 6.07) is 28.2. The summed E-state index contributed by atoms with van der Waals surface area (Å²) in [7, 11) is 0. The lowest BCUT2D eigenvalue weighted by atomic mass is 9.74. The molecule has 0 spiro atoms. The minimum Gasteiger partial charge on any atom is -0.486 e. The highest BCUT2D eigenvalue weighted by molar-refractivity contribution is 5.85. The van der Waals surface area contributed by atoms with E-state index in [9.17, 15) is 0 Å². The van der Waals surface area contributed by atoms with Crippen molar-refractivity contribution in [2.75, 3.05) is 39.5 Å². The van der Waals surface area contributed by atoms with Crippen molar-refractivity contribution in [2.45, 2.75) is 30.6 Å². The lowest BCUT2D eigenvalue weighted by molar-refractivity contribution is 0.0497. The van der Waals surface area contributed by atoms with Crippen LogP contribution in [0.4, 0.5) is 0 Å². The van der Waals surface area contributed by atoms with Gasteiger partial charge in [-0.2, -0.15) is 0 Å². The highest BCUT2D eigenvalue weighted by Crippen LogP contribution is 2.40.